The number of benzene rings is 3. The highest BCUT2D eigenvalue weighted by Gasteiger charge is 2.32. The summed E-state index contributed by atoms with van der Waals surface area (Å²) in [6.07, 6.45) is 0.734. The van der Waals surface area contributed by atoms with Crippen LogP contribution in [0.3, 0.4) is 0 Å². The minimum absolute atomic E-state index is 0.0536. The molecule has 10 heteroatoms. The second-order valence-electron chi connectivity index (χ2n) is 9.44. The van der Waals surface area contributed by atoms with Crippen molar-refractivity contribution in [1.29, 1.82) is 0 Å². The number of carbonyl (C=O) groups is 2. The lowest BCUT2D eigenvalue weighted by molar-refractivity contribution is -0.139. The molecule has 1 N–H and O–H groups in total. The third kappa shape index (κ3) is 8.06. The molecule has 2 atom stereocenters. The Morgan fingerprint density at radius 1 is 0.949 bits per heavy atom. The first-order valence-corrected chi connectivity index (χ1v) is 15.2. The number of hydrogen-bond donors (Lipinski definition) is 1. The van der Waals surface area contributed by atoms with Crippen molar-refractivity contribution >= 4 is 55.1 Å². The van der Waals surface area contributed by atoms with E-state index < -0.39 is 28.5 Å². The third-order valence-electron chi connectivity index (χ3n) is 6.44. The van der Waals surface area contributed by atoms with Gasteiger partial charge in [0.05, 0.1) is 10.6 Å². The standard InChI is InChI=1S/C29H33BrClN3O4S/c1-5-21(3)32-29(36)22(4)33(18-23-8-10-24(30)11-9-23)28(35)19-34(26-14-12-25(31)13-15-26)39(37,38)27-16-6-20(2)7-17-27/h6-17,21-22H,5,18-19H2,1-4H3,(H,32,36)/t21-,22-/m0/s1. The van der Waals surface area contributed by atoms with Crippen LogP contribution in [-0.2, 0) is 26.2 Å². The Morgan fingerprint density at radius 3 is 2.10 bits per heavy atom. The molecule has 7 nitrogen and oxygen atoms in total. The van der Waals surface area contributed by atoms with Crippen LogP contribution in [-0.4, -0.2) is 43.8 Å². The molecule has 0 spiro atoms. The number of halogens is 2. The summed E-state index contributed by atoms with van der Waals surface area (Å²) in [7, 11) is -4.12. The fourth-order valence-electron chi connectivity index (χ4n) is 3.81. The van der Waals surface area contributed by atoms with E-state index in [1.165, 1.54) is 17.0 Å². The molecule has 2 amide bonds. The van der Waals surface area contributed by atoms with Gasteiger partial charge in [0, 0.05) is 22.1 Å². The minimum atomic E-state index is -4.12. The highest BCUT2D eigenvalue weighted by atomic mass is 79.9. The van der Waals surface area contributed by atoms with Gasteiger partial charge in [-0.15, -0.1) is 0 Å². The maximum Gasteiger partial charge on any atom is 0.264 e. The predicted molar refractivity (Wildman–Crippen MR) is 159 cm³/mol. The van der Waals surface area contributed by atoms with Crippen LogP contribution in [0, 0.1) is 6.92 Å². The quantitative estimate of drug-likeness (QED) is 0.283. The molecule has 0 aliphatic carbocycles. The first-order chi connectivity index (χ1) is 18.4. The zero-order chi connectivity index (χ0) is 28.7. The van der Waals surface area contributed by atoms with Gasteiger partial charge < -0.3 is 10.2 Å². The Bertz CT molecular complexity index is 1380. The Hall–Kier alpha value is -2.88. The van der Waals surface area contributed by atoms with Gasteiger partial charge >= 0.3 is 0 Å². The number of amides is 2. The molecule has 0 unspecified atom stereocenters. The van der Waals surface area contributed by atoms with Crippen LogP contribution in [0.1, 0.15) is 38.3 Å². The van der Waals surface area contributed by atoms with Crippen molar-refractivity contribution in [2.24, 2.45) is 0 Å². The van der Waals surface area contributed by atoms with Gasteiger partial charge in [-0.3, -0.25) is 13.9 Å². The smallest absolute Gasteiger partial charge is 0.264 e. The van der Waals surface area contributed by atoms with Gasteiger partial charge in [-0.1, -0.05) is 64.3 Å². The summed E-state index contributed by atoms with van der Waals surface area (Å²) in [4.78, 5) is 28.5. The van der Waals surface area contributed by atoms with Crippen molar-refractivity contribution in [3.8, 4) is 0 Å². The lowest BCUT2D eigenvalue weighted by atomic mass is 10.1. The Labute approximate surface area is 244 Å². The molecule has 0 radical (unpaired) electrons. The van der Waals surface area contributed by atoms with Crippen LogP contribution < -0.4 is 9.62 Å². The maximum absolute atomic E-state index is 13.9. The van der Waals surface area contributed by atoms with Crippen LogP contribution in [0.15, 0.2) is 82.2 Å². The van der Waals surface area contributed by atoms with E-state index >= 15 is 0 Å². The predicted octanol–water partition coefficient (Wildman–Crippen LogP) is 5.94. The topological polar surface area (TPSA) is 86.8 Å². The Morgan fingerprint density at radius 2 is 1.54 bits per heavy atom. The van der Waals surface area contributed by atoms with Crippen molar-refractivity contribution < 1.29 is 18.0 Å². The van der Waals surface area contributed by atoms with Crippen LogP contribution in [0.4, 0.5) is 5.69 Å². The zero-order valence-corrected chi connectivity index (χ0v) is 25.6. The third-order valence-corrected chi connectivity index (χ3v) is 9.01. The van der Waals surface area contributed by atoms with Crippen molar-refractivity contribution in [3.63, 3.8) is 0 Å². The van der Waals surface area contributed by atoms with Crippen LogP contribution in [0.5, 0.6) is 0 Å². The number of anilines is 1. The van der Waals surface area contributed by atoms with E-state index in [1.807, 2.05) is 45.0 Å². The summed E-state index contributed by atoms with van der Waals surface area (Å²) >= 11 is 9.47. The molecule has 0 fully saturated rings. The fraction of sp³-hybridized carbons (Fsp3) is 0.310. The second-order valence-corrected chi connectivity index (χ2v) is 12.7. The highest BCUT2D eigenvalue weighted by Crippen LogP contribution is 2.26. The molecule has 3 aromatic rings. The summed E-state index contributed by atoms with van der Waals surface area (Å²) in [6, 6.07) is 19.2. The lowest BCUT2D eigenvalue weighted by Crippen LogP contribution is -2.52. The molecule has 3 rings (SSSR count). The molecule has 39 heavy (non-hydrogen) atoms. The van der Waals surface area contributed by atoms with Gasteiger partial charge in [0.2, 0.25) is 11.8 Å². The van der Waals surface area contributed by atoms with E-state index in [9.17, 15) is 18.0 Å². The molecule has 0 aliphatic rings. The van der Waals surface area contributed by atoms with Crippen LogP contribution in [0.2, 0.25) is 5.02 Å². The lowest BCUT2D eigenvalue weighted by Gasteiger charge is -2.32. The van der Waals surface area contributed by atoms with Gasteiger partial charge in [-0.05, 0) is 81.3 Å². The number of carbonyl (C=O) groups excluding carboxylic acids is 2. The molecular formula is C29H33BrClN3O4S. The summed E-state index contributed by atoms with van der Waals surface area (Å²) < 4.78 is 29.6. The SMILES string of the molecule is CC[C@H](C)NC(=O)[C@H](C)N(Cc1ccc(Br)cc1)C(=O)CN(c1ccc(Cl)cc1)S(=O)(=O)c1ccc(C)cc1. The fourth-order valence-corrected chi connectivity index (χ4v) is 5.61. The molecule has 0 aromatic heterocycles. The number of aryl methyl sites for hydroxylation is 1. The largest absolute Gasteiger partial charge is 0.352 e. The number of rotatable bonds is 11. The summed E-state index contributed by atoms with van der Waals surface area (Å²) in [6.45, 7) is 6.98. The zero-order valence-electron chi connectivity index (χ0n) is 22.4. The average molecular weight is 635 g/mol. The van der Waals surface area contributed by atoms with Gasteiger partial charge in [0.25, 0.3) is 10.0 Å². The number of sulfonamides is 1. The summed E-state index contributed by atoms with van der Waals surface area (Å²) in [5.41, 5.74) is 1.99. The van der Waals surface area contributed by atoms with Crippen LogP contribution in [0.25, 0.3) is 0 Å². The van der Waals surface area contributed by atoms with Crippen molar-refractivity contribution in [2.75, 3.05) is 10.8 Å². The van der Waals surface area contributed by atoms with Crippen LogP contribution >= 0.6 is 27.5 Å². The van der Waals surface area contributed by atoms with E-state index in [2.05, 4.69) is 21.2 Å². The van der Waals surface area contributed by atoms with E-state index in [4.69, 9.17) is 11.6 Å². The van der Waals surface area contributed by atoms with Gasteiger partial charge in [0.15, 0.2) is 0 Å². The summed E-state index contributed by atoms with van der Waals surface area (Å²) in [5.74, 6) is -0.829. The number of nitrogens with one attached hydrogen (secondary N) is 1. The minimum Gasteiger partial charge on any atom is -0.352 e. The number of nitrogens with zero attached hydrogens (tertiary/aromatic N) is 2. The Kier molecular flexibility index (Phi) is 10.6. The first kappa shape index (κ1) is 30.7. The van der Waals surface area contributed by atoms with Crippen molar-refractivity contribution in [3.05, 3.63) is 93.4 Å². The average Bonchev–Trinajstić information content (AvgIpc) is 2.91. The summed E-state index contributed by atoms with van der Waals surface area (Å²) in [5, 5.41) is 3.36. The van der Waals surface area contributed by atoms with Gasteiger partial charge in [-0.2, -0.15) is 0 Å². The van der Waals surface area contributed by atoms with E-state index in [1.54, 1.807) is 43.3 Å². The van der Waals surface area contributed by atoms with Crippen molar-refractivity contribution in [2.45, 2.75) is 57.6 Å². The van der Waals surface area contributed by atoms with E-state index in [0.717, 1.165) is 26.3 Å². The molecular weight excluding hydrogens is 602 g/mol. The van der Waals surface area contributed by atoms with Crippen molar-refractivity contribution in [1.82, 2.24) is 10.2 Å². The Balaban J connectivity index is 2.01. The molecule has 0 aliphatic heterocycles. The van der Waals surface area contributed by atoms with Gasteiger partial charge in [0.1, 0.15) is 12.6 Å². The normalized spacial score (nSPS) is 12.9. The molecule has 208 valence electrons. The maximum atomic E-state index is 13.9. The molecule has 3 aromatic carbocycles. The van der Waals surface area contributed by atoms with E-state index in [-0.39, 0.29) is 29.1 Å². The van der Waals surface area contributed by atoms with Gasteiger partial charge in [-0.25, -0.2) is 8.42 Å². The molecule has 0 bridgehead atoms. The molecule has 0 saturated carbocycles. The number of hydrogen-bond acceptors (Lipinski definition) is 4. The molecule has 0 saturated heterocycles. The first-order valence-electron chi connectivity index (χ1n) is 12.6. The monoisotopic (exact) mass is 633 g/mol. The molecule has 0 heterocycles. The highest BCUT2D eigenvalue weighted by molar-refractivity contribution is 9.10. The second kappa shape index (κ2) is 13.5. The van der Waals surface area contributed by atoms with E-state index in [0.29, 0.717) is 5.02 Å².